The Kier molecular flexibility index (Phi) is 11.3. The first-order valence-corrected chi connectivity index (χ1v) is 12.6. The van der Waals surface area contributed by atoms with Gasteiger partial charge in [-0.3, -0.25) is 24.0 Å². The van der Waals surface area contributed by atoms with E-state index in [-0.39, 0.29) is 0 Å². The lowest BCUT2D eigenvalue weighted by Gasteiger charge is -2.48. The zero-order valence-corrected chi connectivity index (χ0v) is 22.9. The fourth-order valence-electron chi connectivity index (χ4n) is 4.03. The second-order valence-electron chi connectivity index (χ2n) is 8.66. The number of hydrogen-bond acceptors (Lipinski definition) is 12. The fraction of sp³-hybridized carbons (Fsp3) is 0.520. The summed E-state index contributed by atoms with van der Waals surface area (Å²) in [7, 11) is 0. The monoisotopic (exact) mass is 569 g/mol. The number of amides is 1. The minimum atomic E-state index is -2.12. The molecule has 0 aliphatic carbocycles. The normalized spacial score (nSPS) is 23.9. The lowest BCUT2D eigenvalue weighted by atomic mass is 9.89. The standard InChI is InChI=1S/C25H31NO12S/c1-13(27)26-21-19(35-15(3)29)11-25(24(32)33,39-18-9-7-6-8-10-18)38-23(21)22(37-17(5)31)20(36-16(4)30)12-34-14(2)28/h6-10,19-23H,11-12H2,1-5H3,(H,26,27)(H,32,33)/t19-,20+,21+,22+,23+,25-/m0/s1. The second kappa shape index (κ2) is 13.9. The molecule has 14 heteroatoms. The third-order valence-electron chi connectivity index (χ3n) is 5.35. The number of nitrogens with one attached hydrogen (secondary N) is 1. The van der Waals surface area contributed by atoms with Crippen molar-refractivity contribution in [2.45, 2.75) is 81.3 Å². The van der Waals surface area contributed by atoms with Crippen LogP contribution in [0.4, 0.5) is 0 Å². The first-order valence-electron chi connectivity index (χ1n) is 11.8. The van der Waals surface area contributed by atoms with Crippen LogP contribution < -0.4 is 5.32 Å². The molecule has 1 heterocycles. The number of hydrogen-bond donors (Lipinski definition) is 2. The number of thioether (sulfide) groups is 1. The molecule has 2 rings (SSSR count). The molecule has 1 aliphatic heterocycles. The van der Waals surface area contributed by atoms with Crippen molar-refractivity contribution in [3.8, 4) is 0 Å². The maximum atomic E-state index is 12.8. The molecule has 0 bridgehead atoms. The molecule has 214 valence electrons. The number of carboxylic acid groups (broad SMARTS) is 1. The SMILES string of the molecule is CC(=O)N[C@H]1[C@H]([C@H](OC(C)=O)[C@@H](COC(C)=O)OC(C)=O)O[C@@](Sc2ccccc2)(C(=O)O)C[C@@H]1OC(C)=O. The van der Waals surface area contributed by atoms with Crippen LogP contribution in [0.25, 0.3) is 0 Å². The smallest absolute Gasteiger partial charge is 0.347 e. The topological polar surface area (TPSA) is 181 Å². The highest BCUT2D eigenvalue weighted by atomic mass is 32.2. The van der Waals surface area contributed by atoms with Gasteiger partial charge in [0.2, 0.25) is 10.8 Å². The van der Waals surface area contributed by atoms with Gasteiger partial charge in [-0.05, 0) is 12.1 Å². The van der Waals surface area contributed by atoms with Crippen LogP contribution in [0.1, 0.15) is 41.0 Å². The van der Waals surface area contributed by atoms with Gasteiger partial charge in [-0.25, -0.2) is 4.79 Å². The van der Waals surface area contributed by atoms with E-state index in [1.807, 2.05) is 0 Å². The van der Waals surface area contributed by atoms with Crippen LogP contribution >= 0.6 is 11.8 Å². The van der Waals surface area contributed by atoms with Gasteiger partial charge < -0.3 is 34.1 Å². The molecule has 0 unspecified atom stereocenters. The molecule has 0 radical (unpaired) electrons. The second-order valence-corrected chi connectivity index (χ2v) is 9.99. The van der Waals surface area contributed by atoms with Gasteiger partial charge in [0.05, 0.1) is 6.04 Å². The molecule has 1 aliphatic rings. The Balaban J connectivity index is 2.72. The number of rotatable bonds is 11. The summed E-state index contributed by atoms with van der Waals surface area (Å²) < 4.78 is 27.3. The van der Waals surface area contributed by atoms with E-state index in [0.717, 1.165) is 39.5 Å². The van der Waals surface area contributed by atoms with Crippen LogP contribution in [0, 0.1) is 0 Å². The van der Waals surface area contributed by atoms with E-state index in [9.17, 15) is 33.9 Å². The summed E-state index contributed by atoms with van der Waals surface area (Å²) in [5.74, 6) is -5.29. The highest BCUT2D eigenvalue weighted by Gasteiger charge is 2.58. The Morgan fingerprint density at radius 1 is 0.974 bits per heavy atom. The molecule has 1 aromatic carbocycles. The van der Waals surface area contributed by atoms with Gasteiger partial charge in [0.25, 0.3) is 0 Å². The summed E-state index contributed by atoms with van der Waals surface area (Å²) >= 11 is 0.796. The molecule has 1 saturated heterocycles. The van der Waals surface area contributed by atoms with Crippen molar-refractivity contribution >= 4 is 47.5 Å². The zero-order chi connectivity index (χ0) is 29.3. The zero-order valence-electron chi connectivity index (χ0n) is 22.0. The van der Waals surface area contributed by atoms with Crippen molar-refractivity contribution in [1.29, 1.82) is 0 Å². The first kappa shape index (κ1) is 31.6. The van der Waals surface area contributed by atoms with Crippen molar-refractivity contribution < 1.29 is 57.6 Å². The van der Waals surface area contributed by atoms with Gasteiger partial charge in [0.15, 0.2) is 12.2 Å². The van der Waals surface area contributed by atoms with Crippen LogP contribution in [-0.4, -0.2) is 82.9 Å². The maximum Gasteiger partial charge on any atom is 0.347 e. The van der Waals surface area contributed by atoms with Crippen LogP contribution in [0.2, 0.25) is 0 Å². The van der Waals surface area contributed by atoms with Gasteiger partial charge in [-0.2, -0.15) is 0 Å². The number of aliphatic carboxylic acids is 1. The lowest BCUT2D eigenvalue weighted by Crippen LogP contribution is -2.67. The third-order valence-corrected chi connectivity index (χ3v) is 6.63. The van der Waals surface area contributed by atoms with E-state index in [2.05, 4.69) is 5.32 Å². The van der Waals surface area contributed by atoms with Gasteiger partial charge >= 0.3 is 29.8 Å². The van der Waals surface area contributed by atoms with Crippen molar-refractivity contribution in [1.82, 2.24) is 5.32 Å². The molecule has 1 aromatic rings. The Bertz CT molecular complexity index is 1080. The molecule has 39 heavy (non-hydrogen) atoms. The Morgan fingerprint density at radius 3 is 2.08 bits per heavy atom. The minimum absolute atomic E-state index is 0.419. The van der Waals surface area contributed by atoms with Gasteiger partial charge in [-0.1, -0.05) is 30.0 Å². The molecule has 13 nitrogen and oxygen atoms in total. The van der Waals surface area contributed by atoms with E-state index in [1.165, 1.54) is 6.92 Å². The predicted molar refractivity (Wildman–Crippen MR) is 133 cm³/mol. The average molecular weight is 570 g/mol. The van der Waals surface area contributed by atoms with Gasteiger partial charge in [0.1, 0.15) is 18.8 Å². The van der Waals surface area contributed by atoms with E-state index in [0.29, 0.717) is 4.90 Å². The molecule has 0 aromatic heterocycles. The molecule has 1 amide bonds. The highest BCUT2D eigenvalue weighted by molar-refractivity contribution is 8.01. The lowest BCUT2D eigenvalue weighted by molar-refractivity contribution is -0.223. The summed E-state index contributed by atoms with van der Waals surface area (Å²) in [5, 5.41) is 12.9. The molecule has 0 saturated carbocycles. The highest BCUT2D eigenvalue weighted by Crippen LogP contribution is 2.45. The third kappa shape index (κ3) is 9.25. The van der Waals surface area contributed by atoms with E-state index >= 15 is 0 Å². The molecular formula is C25H31NO12S. The maximum absolute atomic E-state index is 12.8. The average Bonchev–Trinajstić information content (AvgIpc) is 2.81. The Hall–Kier alpha value is -3.65. The number of benzene rings is 1. The van der Waals surface area contributed by atoms with E-state index in [4.69, 9.17) is 23.7 Å². The Morgan fingerprint density at radius 2 is 1.59 bits per heavy atom. The largest absolute Gasteiger partial charge is 0.478 e. The van der Waals surface area contributed by atoms with Crippen molar-refractivity contribution in [3.05, 3.63) is 30.3 Å². The quantitative estimate of drug-likeness (QED) is 0.287. The van der Waals surface area contributed by atoms with Crippen molar-refractivity contribution in [2.75, 3.05) is 6.61 Å². The van der Waals surface area contributed by atoms with Gasteiger partial charge in [-0.15, -0.1) is 0 Å². The van der Waals surface area contributed by atoms with Gasteiger partial charge in [0, 0.05) is 45.9 Å². The van der Waals surface area contributed by atoms with Crippen molar-refractivity contribution in [2.24, 2.45) is 0 Å². The van der Waals surface area contributed by atoms with Crippen LogP contribution in [-0.2, 0) is 52.5 Å². The molecule has 2 N–H and O–H groups in total. The summed E-state index contributed by atoms with van der Waals surface area (Å²) in [6.07, 6.45) is -6.38. The number of carbonyl (C=O) groups is 6. The summed E-state index contributed by atoms with van der Waals surface area (Å²) in [6.45, 7) is 4.89. The van der Waals surface area contributed by atoms with E-state index < -0.39 is 84.2 Å². The summed E-state index contributed by atoms with van der Waals surface area (Å²) in [6, 6.07) is 7.10. The number of esters is 4. The number of carbonyl (C=O) groups excluding carboxylic acids is 5. The number of ether oxygens (including phenoxy) is 5. The number of carboxylic acids is 1. The molecular weight excluding hydrogens is 538 g/mol. The van der Waals surface area contributed by atoms with E-state index in [1.54, 1.807) is 30.3 Å². The Labute approximate surface area is 228 Å². The van der Waals surface area contributed by atoms with Crippen LogP contribution in [0.5, 0.6) is 0 Å². The van der Waals surface area contributed by atoms with Crippen LogP contribution in [0.3, 0.4) is 0 Å². The summed E-state index contributed by atoms with van der Waals surface area (Å²) in [4.78, 5) is 71.0. The predicted octanol–water partition coefficient (Wildman–Crippen LogP) is 1.21. The fourth-order valence-corrected chi connectivity index (χ4v) is 5.20. The molecule has 0 spiro atoms. The molecule has 6 atom stereocenters. The molecule has 1 fully saturated rings. The minimum Gasteiger partial charge on any atom is -0.478 e. The first-order chi connectivity index (χ1) is 18.2. The van der Waals surface area contributed by atoms with Crippen molar-refractivity contribution in [3.63, 3.8) is 0 Å². The summed E-state index contributed by atoms with van der Waals surface area (Å²) in [5.41, 5.74) is 0. The van der Waals surface area contributed by atoms with Crippen LogP contribution in [0.15, 0.2) is 35.2 Å².